The van der Waals surface area contributed by atoms with Crippen LogP contribution in [0.3, 0.4) is 0 Å². The predicted molar refractivity (Wildman–Crippen MR) is 71.8 cm³/mol. The molecule has 0 saturated heterocycles. The van der Waals surface area contributed by atoms with E-state index in [2.05, 4.69) is 5.32 Å². The highest BCUT2D eigenvalue weighted by Crippen LogP contribution is 2.28. The summed E-state index contributed by atoms with van der Waals surface area (Å²) < 4.78 is 20.6. The van der Waals surface area contributed by atoms with Crippen molar-refractivity contribution in [3.8, 4) is 5.75 Å². The predicted octanol–water partition coefficient (Wildman–Crippen LogP) is 2.00. The number of fused-ring (bicyclic) bond motifs is 1. The van der Waals surface area contributed by atoms with E-state index in [1.807, 2.05) is 17.8 Å². The number of hydrogen-bond donors (Lipinski definition) is 1. The van der Waals surface area contributed by atoms with Gasteiger partial charge in [-0.05, 0) is 18.1 Å². The third-order valence-electron chi connectivity index (χ3n) is 3.11. The second-order valence-electron chi connectivity index (χ2n) is 4.50. The topological polar surface area (TPSA) is 43.3 Å². The Bertz CT molecular complexity index is 619. The van der Waals surface area contributed by atoms with Crippen LogP contribution < -0.4 is 10.1 Å². The number of nitrogens with one attached hydrogen (secondary N) is 1. The van der Waals surface area contributed by atoms with Gasteiger partial charge in [0, 0.05) is 38.2 Å². The summed E-state index contributed by atoms with van der Waals surface area (Å²) in [6, 6.07) is 3.17. The van der Waals surface area contributed by atoms with Crippen molar-refractivity contribution in [3.05, 3.63) is 29.7 Å². The lowest BCUT2D eigenvalue weighted by Gasteiger charge is -2.04. The molecule has 1 heterocycles. The highest BCUT2D eigenvalue weighted by Gasteiger charge is 2.11. The van der Waals surface area contributed by atoms with E-state index in [1.165, 1.54) is 20.1 Å². The zero-order valence-electron chi connectivity index (χ0n) is 11.3. The van der Waals surface area contributed by atoms with Gasteiger partial charge in [0.1, 0.15) is 0 Å². The van der Waals surface area contributed by atoms with Crippen molar-refractivity contribution in [3.63, 3.8) is 0 Å². The van der Waals surface area contributed by atoms with E-state index in [1.54, 1.807) is 6.07 Å². The van der Waals surface area contributed by atoms with Gasteiger partial charge in [-0.15, -0.1) is 0 Å². The monoisotopic (exact) mass is 264 g/mol. The molecular weight excluding hydrogens is 247 g/mol. The summed E-state index contributed by atoms with van der Waals surface area (Å²) >= 11 is 0. The Morgan fingerprint density at radius 3 is 2.84 bits per heavy atom. The zero-order valence-corrected chi connectivity index (χ0v) is 11.3. The quantitative estimate of drug-likeness (QED) is 0.918. The molecule has 0 atom stereocenters. The minimum Gasteiger partial charge on any atom is -0.494 e. The van der Waals surface area contributed by atoms with Crippen molar-refractivity contribution in [1.29, 1.82) is 0 Å². The first-order chi connectivity index (χ1) is 9.02. The lowest BCUT2D eigenvalue weighted by atomic mass is 10.1. The lowest BCUT2D eigenvalue weighted by Crippen LogP contribution is -2.22. The van der Waals surface area contributed by atoms with Gasteiger partial charge in [0.2, 0.25) is 5.91 Å². The molecule has 0 unspecified atom stereocenters. The molecule has 0 fully saturated rings. The summed E-state index contributed by atoms with van der Waals surface area (Å²) in [6.07, 6.45) is 2.65. The number of aromatic nitrogens is 1. The first-order valence-corrected chi connectivity index (χ1v) is 6.08. The first kappa shape index (κ1) is 13.4. The van der Waals surface area contributed by atoms with Gasteiger partial charge in [0.25, 0.3) is 0 Å². The maximum Gasteiger partial charge on any atom is 0.216 e. The van der Waals surface area contributed by atoms with Gasteiger partial charge < -0.3 is 14.6 Å². The number of methoxy groups -OCH3 is 1. The smallest absolute Gasteiger partial charge is 0.216 e. The number of halogens is 1. The van der Waals surface area contributed by atoms with Crippen LogP contribution in [-0.4, -0.2) is 24.1 Å². The second kappa shape index (κ2) is 5.30. The van der Waals surface area contributed by atoms with Crippen LogP contribution >= 0.6 is 0 Å². The molecule has 1 amide bonds. The minimum absolute atomic E-state index is 0.0520. The fourth-order valence-electron chi connectivity index (χ4n) is 2.19. The molecule has 19 heavy (non-hydrogen) atoms. The average molecular weight is 264 g/mol. The Kier molecular flexibility index (Phi) is 3.74. The van der Waals surface area contributed by atoms with E-state index < -0.39 is 0 Å². The SMILES string of the molecule is COc1cc2c(CCNC(C)=O)cn(C)c2cc1F. The molecule has 1 aromatic carbocycles. The van der Waals surface area contributed by atoms with Crippen LogP contribution in [0.15, 0.2) is 18.3 Å². The molecule has 0 aliphatic heterocycles. The van der Waals surface area contributed by atoms with Crippen molar-refractivity contribution in [1.82, 2.24) is 9.88 Å². The number of aryl methyl sites for hydroxylation is 1. The number of rotatable bonds is 4. The van der Waals surface area contributed by atoms with E-state index in [9.17, 15) is 9.18 Å². The van der Waals surface area contributed by atoms with Crippen LogP contribution in [0.2, 0.25) is 0 Å². The Morgan fingerprint density at radius 2 is 2.21 bits per heavy atom. The minimum atomic E-state index is -0.371. The summed E-state index contributed by atoms with van der Waals surface area (Å²) in [5, 5.41) is 3.70. The third kappa shape index (κ3) is 2.70. The molecule has 2 rings (SSSR count). The maximum absolute atomic E-state index is 13.7. The van der Waals surface area contributed by atoms with Gasteiger partial charge in [-0.2, -0.15) is 0 Å². The molecule has 0 spiro atoms. The average Bonchev–Trinajstić information content (AvgIpc) is 2.64. The number of hydrogen-bond acceptors (Lipinski definition) is 2. The summed E-state index contributed by atoms with van der Waals surface area (Å²) in [4.78, 5) is 10.9. The van der Waals surface area contributed by atoms with Crippen LogP contribution in [0.5, 0.6) is 5.75 Å². The van der Waals surface area contributed by atoms with Crippen LogP contribution in [0, 0.1) is 5.82 Å². The molecule has 0 radical (unpaired) electrons. The fraction of sp³-hybridized carbons (Fsp3) is 0.357. The van der Waals surface area contributed by atoms with Crippen molar-refractivity contribution in [2.24, 2.45) is 7.05 Å². The Balaban J connectivity index is 2.36. The van der Waals surface area contributed by atoms with E-state index in [-0.39, 0.29) is 17.5 Å². The molecule has 1 aromatic heterocycles. The number of benzene rings is 1. The van der Waals surface area contributed by atoms with E-state index in [4.69, 9.17) is 4.74 Å². The molecule has 2 aromatic rings. The Hall–Kier alpha value is -2.04. The van der Waals surface area contributed by atoms with Gasteiger partial charge >= 0.3 is 0 Å². The van der Waals surface area contributed by atoms with Crippen molar-refractivity contribution in [2.45, 2.75) is 13.3 Å². The number of amides is 1. The molecule has 1 N–H and O–H groups in total. The molecule has 102 valence electrons. The number of carbonyl (C=O) groups is 1. The van der Waals surface area contributed by atoms with Gasteiger partial charge in [-0.3, -0.25) is 4.79 Å². The van der Waals surface area contributed by atoms with Crippen molar-refractivity contribution in [2.75, 3.05) is 13.7 Å². The third-order valence-corrected chi connectivity index (χ3v) is 3.11. The fourth-order valence-corrected chi connectivity index (χ4v) is 2.19. The second-order valence-corrected chi connectivity index (χ2v) is 4.50. The van der Waals surface area contributed by atoms with Crippen LogP contribution in [-0.2, 0) is 18.3 Å². The summed E-state index contributed by atoms with van der Waals surface area (Å²) in [5.74, 6) is -0.187. The summed E-state index contributed by atoms with van der Waals surface area (Å²) in [7, 11) is 3.32. The number of carbonyl (C=O) groups excluding carboxylic acids is 1. The number of nitrogens with zero attached hydrogens (tertiary/aromatic N) is 1. The molecule has 4 nitrogen and oxygen atoms in total. The Morgan fingerprint density at radius 1 is 1.47 bits per heavy atom. The largest absolute Gasteiger partial charge is 0.494 e. The highest BCUT2D eigenvalue weighted by atomic mass is 19.1. The van der Waals surface area contributed by atoms with Crippen molar-refractivity contribution >= 4 is 16.8 Å². The normalized spacial score (nSPS) is 10.7. The zero-order chi connectivity index (χ0) is 14.0. The van der Waals surface area contributed by atoms with Crippen LogP contribution in [0.25, 0.3) is 10.9 Å². The Labute approximate surface area is 111 Å². The summed E-state index contributed by atoms with van der Waals surface area (Å²) in [6.45, 7) is 2.05. The highest BCUT2D eigenvalue weighted by molar-refractivity contribution is 5.85. The van der Waals surface area contributed by atoms with E-state index in [0.29, 0.717) is 13.0 Å². The molecule has 0 bridgehead atoms. The first-order valence-electron chi connectivity index (χ1n) is 6.08. The van der Waals surface area contributed by atoms with E-state index >= 15 is 0 Å². The molecule has 5 heteroatoms. The maximum atomic E-state index is 13.7. The molecule has 0 saturated carbocycles. The van der Waals surface area contributed by atoms with Crippen molar-refractivity contribution < 1.29 is 13.9 Å². The standard InChI is InChI=1S/C14H17FN2O2/c1-9(18)16-5-4-10-8-17(2)13-7-12(15)14(19-3)6-11(10)13/h6-8H,4-5H2,1-3H3,(H,16,18). The van der Waals surface area contributed by atoms with Gasteiger partial charge in [-0.1, -0.05) is 0 Å². The summed E-state index contributed by atoms with van der Waals surface area (Å²) in [5.41, 5.74) is 1.88. The molecule has 0 aliphatic carbocycles. The van der Waals surface area contributed by atoms with Crippen LogP contribution in [0.1, 0.15) is 12.5 Å². The number of ether oxygens (including phenoxy) is 1. The van der Waals surface area contributed by atoms with E-state index in [0.717, 1.165) is 16.5 Å². The van der Waals surface area contributed by atoms with Gasteiger partial charge in [0.05, 0.1) is 12.6 Å². The lowest BCUT2D eigenvalue weighted by molar-refractivity contribution is -0.118. The van der Waals surface area contributed by atoms with Crippen LogP contribution in [0.4, 0.5) is 4.39 Å². The van der Waals surface area contributed by atoms with Gasteiger partial charge in [-0.25, -0.2) is 4.39 Å². The molecular formula is C14H17FN2O2. The molecule has 0 aliphatic rings. The van der Waals surface area contributed by atoms with Gasteiger partial charge in [0.15, 0.2) is 11.6 Å².